The number of benzene rings is 3. The van der Waals surface area contributed by atoms with Crippen LogP contribution in [0.5, 0.6) is 11.5 Å². The molecule has 5 rings (SSSR count). The number of amides is 1. The number of carbonyl (C=O) groups is 2. The molecular weight excluding hydrogens is 582 g/mol. The van der Waals surface area contributed by atoms with E-state index < -0.39 is 17.7 Å². The van der Waals surface area contributed by atoms with E-state index in [0.29, 0.717) is 51.0 Å². The van der Waals surface area contributed by atoms with E-state index in [2.05, 4.69) is 10.2 Å². The number of aromatic nitrogens is 2. The van der Waals surface area contributed by atoms with Crippen molar-refractivity contribution in [2.75, 3.05) is 18.1 Å². The molecule has 0 saturated carbocycles. The summed E-state index contributed by atoms with van der Waals surface area (Å²) in [6.45, 7) is 4.54. The Balaban J connectivity index is 1.59. The molecular formula is C30H26ClN3O5S2. The van der Waals surface area contributed by atoms with Gasteiger partial charge in [-0.25, -0.2) is 0 Å². The molecule has 1 saturated heterocycles. The van der Waals surface area contributed by atoms with Gasteiger partial charge in [-0.2, -0.15) is 0 Å². The first-order valence-electron chi connectivity index (χ1n) is 12.9. The minimum absolute atomic E-state index is 0.0716. The van der Waals surface area contributed by atoms with E-state index >= 15 is 0 Å². The van der Waals surface area contributed by atoms with E-state index in [1.54, 1.807) is 42.5 Å². The average Bonchev–Trinajstić information content (AvgIpc) is 3.55. The van der Waals surface area contributed by atoms with Gasteiger partial charge in [0.25, 0.3) is 5.78 Å². The van der Waals surface area contributed by atoms with Crippen LogP contribution in [-0.4, -0.2) is 40.2 Å². The number of nitrogens with zero attached hydrogens (tertiary/aromatic N) is 3. The van der Waals surface area contributed by atoms with Crippen LogP contribution >= 0.6 is 34.7 Å². The predicted molar refractivity (Wildman–Crippen MR) is 161 cm³/mol. The van der Waals surface area contributed by atoms with Crippen molar-refractivity contribution in [3.63, 3.8) is 0 Å². The first-order chi connectivity index (χ1) is 19.9. The number of ketones is 1. The number of rotatable bonds is 10. The molecule has 3 aromatic carbocycles. The molecule has 2 heterocycles. The number of hydrogen-bond acceptors (Lipinski definition) is 9. The maximum Gasteiger partial charge on any atom is 0.301 e. The molecule has 1 amide bonds. The molecule has 41 heavy (non-hydrogen) atoms. The molecule has 11 heteroatoms. The summed E-state index contributed by atoms with van der Waals surface area (Å²) >= 11 is 8.73. The van der Waals surface area contributed by atoms with Crippen molar-refractivity contribution < 1.29 is 24.2 Å². The smallest absolute Gasteiger partial charge is 0.301 e. The van der Waals surface area contributed by atoms with E-state index in [1.807, 2.05) is 44.2 Å². The molecule has 210 valence electrons. The summed E-state index contributed by atoms with van der Waals surface area (Å²) in [5.74, 6) is -0.299. The molecule has 1 atom stereocenters. The summed E-state index contributed by atoms with van der Waals surface area (Å²) in [6, 6.07) is 20.5. The minimum atomic E-state index is -0.986. The van der Waals surface area contributed by atoms with Crippen LogP contribution in [-0.2, 0) is 15.3 Å². The van der Waals surface area contributed by atoms with Crippen LogP contribution in [0.4, 0.5) is 5.13 Å². The quantitative estimate of drug-likeness (QED) is 0.0682. The number of aliphatic hydroxyl groups is 1. The number of thioether (sulfide) groups is 1. The van der Waals surface area contributed by atoms with Crippen LogP contribution < -0.4 is 14.4 Å². The van der Waals surface area contributed by atoms with Crippen molar-refractivity contribution in [3.8, 4) is 11.5 Å². The number of ether oxygens (including phenoxy) is 2. The summed E-state index contributed by atoms with van der Waals surface area (Å²) in [6.07, 6.45) is 0. The van der Waals surface area contributed by atoms with E-state index in [1.165, 1.54) is 28.0 Å². The standard InChI is InChI=1S/C30H26ClN3O5S2/c1-3-38-22-15-12-20(16-23(22)39-4-2)25-24(26(35)19-10-13-21(31)14-11-19)27(36)28(37)34(25)29-32-33-30(41-29)40-17-18-8-6-5-7-9-18/h5-16,25,35H,3-4,17H2,1-2H3/b26-24+. The molecule has 8 nitrogen and oxygen atoms in total. The largest absolute Gasteiger partial charge is 0.507 e. The number of anilines is 1. The zero-order valence-electron chi connectivity index (χ0n) is 22.2. The first-order valence-corrected chi connectivity index (χ1v) is 15.1. The number of hydrogen-bond donors (Lipinski definition) is 1. The fourth-order valence-electron chi connectivity index (χ4n) is 4.42. The van der Waals surface area contributed by atoms with Crippen molar-refractivity contribution in [2.45, 2.75) is 30.0 Å². The number of halogens is 1. The molecule has 0 aliphatic carbocycles. The van der Waals surface area contributed by atoms with Gasteiger partial charge in [-0.15, -0.1) is 10.2 Å². The number of Topliss-reactive ketones (excluding diaryl/α,β-unsaturated/α-hetero) is 1. The molecule has 1 unspecified atom stereocenters. The Morgan fingerprint density at radius 1 is 0.976 bits per heavy atom. The Labute approximate surface area is 250 Å². The fraction of sp³-hybridized carbons (Fsp3) is 0.200. The summed E-state index contributed by atoms with van der Waals surface area (Å²) < 4.78 is 12.2. The van der Waals surface area contributed by atoms with Crippen LogP contribution in [0.15, 0.2) is 82.7 Å². The fourth-order valence-corrected chi connectivity index (χ4v) is 6.37. The van der Waals surface area contributed by atoms with E-state index in [9.17, 15) is 14.7 Å². The third-order valence-corrected chi connectivity index (χ3v) is 8.63. The lowest BCUT2D eigenvalue weighted by Crippen LogP contribution is -2.29. The third kappa shape index (κ3) is 6.09. The molecule has 0 bridgehead atoms. The lowest BCUT2D eigenvalue weighted by Gasteiger charge is -2.23. The molecule has 1 N–H and O–H groups in total. The highest BCUT2D eigenvalue weighted by Gasteiger charge is 2.48. The van der Waals surface area contributed by atoms with Gasteiger partial charge in [-0.05, 0) is 61.4 Å². The third-order valence-electron chi connectivity index (χ3n) is 6.25. The van der Waals surface area contributed by atoms with E-state index in [0.717, 1.165) is 5.56 Å². The average molecular weight is 608 g/mol. The Morgan fingerprint density at radius 2 is 1.68 bits per heavy atom. The second kappa shape index (κ2) is 12.8. The Hall–Kier alpha value is -3.86. The van der Waals surface area contributed by atoms with E-state index in [-0.39, 0.29) is 16.5 Å². The highest BCUT2D eigenvalue weighted by atomic mass is 35.5. The van der Waals surface area contributed by atoms with Gasteiger partial charge in [-0.1, -0.05) is 71.1 Å². The molecule has 0 radical (unpaired) electrons. The van der Waals surface area contributed by atoms with Gasteiger partial charge >= 0.3 is 5.91 Å². The van der Waals surface area contributed by atoms with Crippen LogP contribution in [0.3, 0.4) is 0 Å². The van der Waals surface area contributed by atoms with E-state index in [4.69, 9.17) is 21.1 Å². The Bertz CT molecular complexity index is 1590. The summed E-state index contributed by atoms with van der Waals surface area (Å²) in [5, 5.41) is 20.6. The Kier molecular flexibility index (Phi) is 8.92. The van der Waals surface area contributed by atoms with Crippen molar-refractivity contribution in [1.29, 1.82) is 0 Å². The van der Waals surface area contributed by atoms with Crippen molar-refractivity contribution in [1.82, 2.24) is 10.2 Å². The highest BCUT2D eigenvalue weighted by Crippen LogP contribution is 2.45. The molecule has 1 fully saturated rings. The highest BCUT2D eigenvalue weighted by molar-refractivity contribution is 8.00. The van der Waals surface area contributed by atoms with Gasteiger partial charge in [0.15, 0.2) is 15.8 Å². The molecule has 1 aromatic heterocycles. The van der Waals surface area contributed by atoms with Crippen molar-refractivity contribution in [2.24, 2.45) is 0 Å². The lowest BCUT2D eigenvalue weighted by atomic mass is 9.95. The van der Waals surface area contributed by atoms with Gasteiger partial charge in [0.2, 0.25) is 5.13 Å². The SMILES string of the molecule is CCOc1ccc(C2/C(=C(\O)c3ccc(Cl)cc3)C(=O)C(=O)N2c2nnc(SCc3ccccc3)s2)cc1OCC. The first kappa shape index (κ1) is 28.7. The van der Waals surface area contributed by atoms with Gasteiger partial charge < -0.3 is 14.6 Å². The van der Waals surface area contributed by atoms with Gasteiger partial charge in [0.1, 0.15) is 5.76 Å². The van der Waals surface area contributed by atoms with Crippen molar-refractivity contribution in [3.05, 3.63) is 100 Å². The maximum absolute atomic E-state index is 13.5. The normalized spacial score (nSPS) is 16.3. The van der Waals surface area contributed by atoms with Gasteiger partial charge in [0, 0.05) is 16.3 Å². The molecule has 0 spiro atoms. The van der Waals surface area contributed by atoms with Crippen molar-refractivity contribution >= 4 is 57.3 Å². The monoisotopic (exact) mass is 607 g/mol. The van der Waals surface area contributed by atoms with Crippen LogP contribution in [0.2, 0.25) is 5.02 Å². The molecule has 4 aromatic rings. The minimum Gasteiger partial charge on any atom is -0.507 e. The van der Waals surface area contributed by atoms with Crippen LogP contribution in [0, 0.1) is 0 Å². The molecule has 1 aliphatic rings. The number of carbonyl (C=O) groups excluding carboxylic acids is 2. The second-order valence-corrected chi connectivity index (χ2v) is 11.5. The lowest BCUT2D eigenvalue weighted by molar-refractivity contribution is -0.132. The second-order valence-electron chi connectivity index (χ2n) is 8.87. The Morgan fingerprint density at radius 3 is 2.39 bits per heavy atom. The zero-order chi connectivity index (χ0) is 28.9. The topological polar surface area (TPSA) is 102 Å². The van der Waals surface area contributed by atoms with Crippen LogP contribution in [0.25, 0.3) is 5.76 Å². The summed E-state index contributed by atoms with van der Waals surface area (Å²) in [4.78, 5) is 28.3. The predicted octanol–water partition coefficient (Wildman–Crippen LogP) is 6.91. The molecule has 1 aliphatic heterocycles. The van der Waals surface area contributed by atoms with Gasteiger partial charge in [0.05, 0.1) is 24.8 Å². The van der Waals surface area contributed by atoms with Crippen LogP contribution in [0.1, 0.15) is 36.6 Å². The summed E-state index contributed by atoms with van der Waals surface area (Å²) in [7, 11) is 0. The maximum atomic E-state index is 13.5. The summed E-state index contributed by atoms with van der Waals surface area (Å²) in [5.41, 5.74) is 1.94. The van der Waals surface area contributed by atoms with Gasteiger partial charge in [-0.3, -0.25) is 14.5 Å². The zero-order valence-corrected chi connectivity index (χ0v) is 24.6. The number of aliphatic hydroxyl groups excluding tert-OH is 1.